The standard InChI is InChI=1S/C23H30N4O7S3/c1-32-21-8-7-20(17-22(21)33-2)37(30,31)26-11-9-25(10-12-26)23(35)24-18-3-5-19(6-4-18)36(28,29)27-13-15-34-16-14-27/h3-8,17H,9-16H2,1-2H3,(H,24,35). The fourth-order valence-electron chi connectivity index (χ4n) is 4.11. The number of rotatable bonds is 7. The van der Waals surface area contributed by atoms with Crippen LogP contribution in [0.3, 0.4) is 0 Å². The normalized spacial score (nSPS) is 17.8. The van der Waals surface area contributed by atoms with Gasteiger partial charge in [0.05, 0.1) is 37.2 Å². The number of thiocarbonyl (C=S) groups is 1. The molecule has 2 aromatic carbocycles. The number of benzene rings is 2. The smallest absolute Gasteiger partial charge is 0.243 e. The van der Waals surface area contributed by atoms with Crippen LogP contribution >= 0.6 is 12.2 Å². The number of hydrogen-bond donors (Lipinski definition) is 1. The van der Waals surface area contributed by atoms with Gasteiger partial charge < -0.3 is 24.4 Å². The minimum absolute atomic E-state index is 0.131. The molecule has 0 spiro atoms. The molecule has 202 valence electrons. The van der Waals surface area contributed by atoms with Crippen molar-refractivity contribution in [2.75, 3.05) is 72.0 Å². The van der Waals surface area contributed by atoms with Gasteiger partial charge in [0.1, 0.15) is 0 Å². The van der Waals surface area contributed by atoms with Gasteiger partial charge in [0, 0.05) is 51.0 Å². The molecule has 2 aromatic rings. The molecule has 1 N–H and O–H groups in total. The molecule has 0 bridgehead atoms. The first-order valence-electron chi connectivity index (χ1n) is 11.6. The molecule has 0 atom stereocenters. The van der Waals surface area contributed by atoms with Crippen LogP contribution in [0.5, 0.6) is 11.5 Å². The number of nitrogens with zero attached hydrogens (tertiary/aromatic N) is 3. The number of hydrogen-bond acceptors (Lipinski definition) is 8. The van der Waals surface area contributed by atoms with Gasteiger partial charge in [0.25, 0.3) is 0 Å². The highest BCUT2D eigenvalue weighted by atomic mass is 32.2. The largest absolute Gasteiger partial charge is 0.493 e. The van der Waals surface area contributed by atoms with Crippen molar-refractivity contribution in [3.05, 3.63) is 42.5 Å². The first-order valence-corrected chi connectivity index (χ1v) is 14.9. The molecule has 0 radical (unpaired) electrons. The first-order chi connectivity index (χ1) is 17.7. The Kier molecular flexibility index (Phi) is 8.56. The number of anilines is 1. The lowest BCUT2D eigenvalue weighted by molar-refractivity contribution is 0.0730. The summed E-state index contributed by atoms with van der Waals surface area (Å²) in [5.41, 5.74) is 0.645. The Hall–Kier alpha value is -2.49. The summed E-state index contributed by atoms with van der Waals surface area (Å²) < 4.78 is 70.4. The van der Waals surface area contributed by atoms with Gasteiger partial charge in [-0.25, -0.2) is 16.8 Å². The second-order valence-corrected chi connectivity index (χ2v) is 12.6. The third-order valence-corrected chi connectivity index (χ3v) is 10.4. The molecule has 0 amide bonds. The number of sulfonamides is 2. The molecule has 37 heavy (non-hydrogen) atoms. The van der Waals surface area contributed by atoms with Gasteiger partial charge in [-0.2, -0.15) is 8.61 Å². The van der Waals surface area contributed by atoms with Crippen molar-refractivity contribution in [3.8, 4) is 11.5 Å². The van der Waals surface area contributed by atoms with E-state index in [0.717, 1.165) is 0 Å². The molecule has 2 aliphatic rings. The number of morpholine rings is 1. The van der Waals surface area contributed by atoms with Gasteiger partial charge in [0.2, 0.25) is 20.0 Å². The predicted octanol–water partition coefficient (Wildman–Crippen LogP) is 1.43. The Morgan fingerprint density at radius 3 is 1.92 bits per heavy atom. The molecule has 0 saturated carbocycles. The Balaban J connectivity index is 1.35. The summed E-state index contributed by atoms with van der Waals surface area (Å²) >= 11 is 5.53. The van der Waals surface area contributed by atoms with Crippen molar-refractivity contribution < 1.29 is 31.0 Å². The molecule has 14 heteroatoms. The van der Waals surface area contributed by atoms with Crippen LogP contribution in [0.15, 0.2) is 52.3 Å². The third-order valence-electron chi connectivity index (χ3n) is 6.23. The van der Waals surface area contributed by atoms with Gasteiger partial charge in [0.15, 0.2) is 16.6 Å². The van der Waals surface area contributed by atoms with E-state index in [1.54, 1.807) is 30.3 Å². The highest BCUT2D eigenvalue weighted by molar-refractivity contribution is 7.89. The van der Waals surface area contributed by atoms with Crippen LogP contribution in [0.4, 0.5) is 5.69 Å². The van der Waals surface area contributed by atoms with E-state index in [4.69, 9.17) is 26.4 Å². The molecule has 0 unspecified atom stereocenters. The second kappa shape index (κ2) is 11.5. The summed E-state index contributed by atoms with van der Waals surface area (Å²) in [5, 5.41) is 3.55. The Morgan fingerprint density at radius 2 is 1.32 bits per heavy atom. The third kappa shape index (κ3) is 5.99. The quantitative estimate of drug-likeness (QED) is 0.490. The zero-order valence-corrected chi connectivity index (χ0v) is 23.1. The highest BCUT2D eigenvalue weighted by Crippen LogP contribution is 2.31. The number of methoxy groups -OCH3 is 2. The molecular weight excluding hydrogens is 540 g/mol. The minimum atomic E-state index is -3.72. The highest BCUT2D eigenvalue weighted by Gasteiger charge is 2.30. The summed E-state index contributed by atoms with van der Waals surface area (Å²) in [7, 11) is -4.35. The maximum absolute atomic E-state index is 13.2. The lowest BCUT2D eigenvalue weighted by Crippen LogP contribution is -2.51. The van der Waals surface area contributed by atoms with Crippen LogP contribution < -0.4 is 14.8 Å². The van der Waals surface area contributed by atoms with Crippen molar-refractivity contribution in [3.63, 3.8) is 0 Å². The maximum atomic E-state index is 13.2. The van der Waals surface area contributed by atoms with Crippen LogP contribution in [-0.2, 0) is 24.8 Å². The second-order valence-electron chi connectivity index (χ2n) is 8.38. The average Bonchev–Trinajstić information content (AvgIpc) is 2.93. The van der Waals surface area contributed by atoms with Gasteiger partial charge in [-0.05, 0) is 48.6 Å². The molecule has 11 nitrogen and oxygen atoms in total. The van der Waals surface area contributed by atoms with Crippen molar-refractivity contribution in [1.29, 1.82) is 0 Å². The maximum Gasteiger partial charge on any atom is 0.243 e. The summed E-state index contributed by atoms with van der Waals surface area (Å²) in [6, 6.07) is 10.9. The Bertz CT molecular complexity index is 1320. The minimum Gasteiger partial charge on any atom is -0.493 e. The van der Waals surface area contributed by atoms with Crippen LogP contribution in [0.2, 0.25) is 0 Å². The fourth-order valence-corrected chi connectivity index (χ4v) is 7.25. The SMILES string of the molecule is COc1ccc(S(=O)(=O)N2CCN(C(=S)Nc3ccc(S(=O)(=O)N4CCOCC4)cc3)CC2)cc1OC. The summed E-state index contributed by atoms with van der Waals surface area (Å²) in [5.74, 6) is 0.797. The topological polar surface area (TPSA) is 118 Å². The lowest BCUT2D eigenvalue weighted by atomic mass is 10.3. The van der Waals surface area contributed by atoms with Crippen LogP contribution in [-0.4, -0.2) is 102 Å². The zero-order valence-electron chi connectivity index (χ0n) is 20.6. The van der Waals surface area contributed by atoms with Crippen LogP contribution in [0.1, 0.15) is 0 Å². The molecule has 2 saturated heterocycles. The van der Waals surface area contributed by atoms with Crippen molar-refractivity contribution in [2.45, 2.75) is 9.79 Å². The van der Waals surface area contributed by atoms with Crippen LogP contribution in [0, 0.1) is 0 Å². The summed E-state index contributed by atoms with van der Waals surface area (Å²) in [4.78, 5) is 2.22. The molecular formula is C23H30N4O7S3. The fraction of sp³-hybridized carbons (Fsp3) is 0.435. The molecule has 2 heterocycles. The number of ether oxygens (including phenoxy) is 3. The van der Waals surface area contributed by atoms with Crippen molar-refractivity contribution in [1.82, 2.24) is 13.5 Å². The molecule has 0 aromatic heterocycles. The number of piperazine rings is 1. The van der Waals surface area contributed by atoms with E-state index in [1.807, 2.05) is 4.90 Å². The molecule has 0 aliphatic carbocycles. The van der Waals surface area contributed by atoms with Gasteiger partial charge in [-0.15, -0.1) is 0 Å². The summed E-state index contributed by atoms with van der Waals surface area (Å²) in [6.07, 6.45) is 0. The summed E-state index contributed by atoms with van der Waals surface area (Å²) in [6.45, 7) is 2.76. The van der Waals surface area contributed by atoms with E-state index in [1.165, 1.54) is 35.0 Å². The first kappa shape index (κ1) is 27.5. The van der Waals surface area contributed by atoms with Crippen LogP contribution in [0.25, 0.3) is 0 Å². The Morgan fingerprint density at radius 1 is 0.784 bits per heavy atom. The van der Waals surface area contributed by atoms with E-state index in [0.29, 0.717) is 61.7 Å². The van der Waals surface area contributed by atoms with E-state index in [2.05, 4.69) is 5.32 Å². The lowest BCUT2D eigenvalue weighted by Gasteiger charge is -2.35. The number of nitrogens with one attached hydrogen (secondary N) is 1. The van der Waals surface area contributed by atoms with E-state index >= 15 is 0 Å². The monoisotopic (exact) mass is 570 g/mol. The zero-order chi connectivity index (χ0) is 26.6. The van der Waals surface area contributed by atoms with Gasteiger partial charge in [-0.1, -0.05) is 0 Å². The van der Waals surface area contributed by atoms with Crippen molar-refractivity contribution >= 4 is 43.1 Å². The molecule has 4 rings (SSSR count). The van der Waals surface area contributed by atoms with E-state index in [9.17, 15) is 16.8 Å². The van der Waals surface area contributed by atoms with E-state index in [-0.39, 0.29) is 22.9 Å². The van der Waals surface area contributed by atoms with Crippen molar-refractivity contribution in [2.24, 2.45) is 0 Å². The predicted molar refractivity (Wildman–Crippen MR) is 142 cm³/mol. The van der Waals surface area contributed by atoms with Gasteiger partial charge in [-0.3, -0.25) is 0 Å². The molecule has 2 fully saturated rings. The molecule has 2 aliphatic heterocycles. The van der Waals surface area contributed by atoms with E-state index < -0.39 is 20.0 Å². The average molecular weight is 571 g/mol. The Labute approximate surface area is 223 Å². The van der Waals surface area contributed by atoms with Gasteiger partial charge >= 0.3 is 0 Å².